The molecule has 2 nitrogen and oxygen atoms in total. The molecule has 0 saturated carbocycles. The molecule has 0 aromatic heterocycles. The third-order valence-corrected chi connectivity index (χ3v) is 3.61. The number of aryl methyl sites for hydroxylation is 1. The number of nitrogens with one attached hydrogen (secondary N) is 1. The summed E-state index contributed by atoms with van der Waals surface area (Å²) in [6, 6.07) is 5.01. The van der Waals surface area contributed by atoms with Crippen molar-refractivity contribution in [1.29, 1.82) is 0 Å². The van der Waals surface area contributed by atoms with Crippen molar-refractivity contribution < 1.29 is 9.50 Å². The number of aliphatic hydroxyl groups is 1. The molecule has 0 aliphatic rings. The fraction of sp³-hybridized carbons (Fsp3) is 0.571. The Morgan fingerprint density at radius 3 is 2.47 bits per heavy atom. The summed E-state index contributed by atoms with van der Waals surface area (Å²) >= 11 is 0. The molecule has 0 aliphatic carbocycles. The monoisotopic (exact) mass is 239 g/mol. The van der Waals surface area contributed by atoms with Crippen molar-refractivity contribution in [3.05, 3.63) is 29.6 Å². The van der Waals surface area contributed by atoms with Crippen LogP contribution in [0.3, 0.4) is 0 Å². The summed E-state index contributed by atoms with van der Waals surface area (Å²) in [7, 11) is 0. The van der Waals surface area contributed by atoms with Crippen LogP contribution >= 0.6 is 0 Å². The van der Waals surface area contributed by atoms with E-state index in [1.54, 1.807) is 12.1 Å². The van der Waals surface area contributed by atoms with E-state index in [1.807, 2.05) is 20.8 Å². The van der Waals surface area contributed by atoms with Crippen LogP contribution in [-0.4, -0.2) is 18.3 Å². The van der Waals surface area contributed by atoms with E-state index in [1.165, 1.54) is 6.07 Å². The fourth-order valence-electron chi connectivity index (χ4n) is 1.84. The molecular formula is C14H22FNO. The molecule has 0 aliphatic heterocycles. The number of rotatable bonds is 6. The Kier molecular flexibility index (Phi) is 4.94. The second-order valence-electron chi connectivity index (χ2n) is 4.70. The Morgan fingerprint density at radius 2 is 1.94 bits per heavy atom. The van der Waals surface area contributed by atoms with Gasteiger partial charge in [-0.1, -0.05) is 19.9 Å². The molecule has 0 bridgehead atoms. The van der Waals surface area contributed by atoms with Crippen molar-refractivity contribution >= 4 is 5.69 Å². The third kappa shape index (κ3) is 3.43. The lowest BCUT2D eigenvalue weighted by molar-refractivity contribution is 0.127. The quantitative estimate of drug-likeness (QED) is 0.798. The van der Waals surface area contributed by atoms with Crippen LogP contribution in [0.4, 0.5) is 10.1 Å². The van der Waals surface area contributed by atoms with E-state index < -0.39 is 0 Å². The van der Waals surface area contributed by atoms with Gasteiger partial charge in [-0.3, -0.25) is 0 Å². The van der Waals surface area contributed by atoms with Gasteiger partial charge < -0.3 is 10.4 Å². The van der Waals surface area contributed by atoms with Crippen LogP contribution in [0.2, 0.25) is 0 Å². The van der Waals surface area contributed by atoms with Gasteiger partial charge in [0.25, 0.3) is 0 Å². The molecule has 0 fully saturated rings. The van der Waals surface area contributed by atoms with Crippen LogP contribution < -0.4 is 5.32 Å². The average molecular weight is 239 g/mol. The summed E-state index contributed by atoms with van der Waals surface area (Å²) in [6.45, 7) is 6.75. The smallest absolute Gasteiger partial charge is 0.146 e. The summed E-state index contributed by atoms with van der Waals surface area (Å²) in [6.07, 6.45) is 1.75. The Labute approximate surface area is 103 Å². The number of hydrogen-bond donors (Lipinski definition) is 2. The van der Waals surface area contributed by atoms with Gasteiger partial charge >= 0.3 is 0 Å². The molecule has 1 rings (SSSR count). The second-order valence-corrected chi connectivity index (χ2v) is 4.70. The summed E-state index contributed by atoms with van der Waals surface area (Å²) in [5.74, 6) is -0.241. The molecule has 0 atom stereocenters. The van der Waals surface area contributed by atoms with Crippen molar-refractivity contribution in [3.8, 4) is 0 Å². The van der Waals surface area contributed by atoms with Crippen molar-refractivity contribution in [2.75, 3.05) is 18.5 Å². The Bertz CT molecular complexity index is 353. The molecule has 17 heavy (non-hydrogen) atoms. The van der Waals surface area contributed by atoms with E-state index in [4.69, 9.17) is 0 Å². The molecule has 0 spiro atoms. The lowest BCUT2D eigenvalue weighted by Gasteiger charge is -2.30. The first-order chi connectivity index (χ1) is 8.06. The Balaban J connectivity index is 2.75. The molecule has 96 valence electrons. The normalized spacial score (nSPS) is 11.6. The van der Waals surface area contributed by atoms with Crippen LogP contribution in [0.15, 0.2) is 18.2 Å². The molecule has 0 unspecified atom stereocenters. The maximum absolute atomic E-state index is 13.5. The molecule has 2 N–H and O–H groups in total. The van der Waals surface area contributed by atoms with Gasteiger partial charge in [0.2, 0.25) is 0 Å². The van der Waals surface area contributed by atoms with E-state index in [0.29, 0.717) is 12.2 Å². The van der Waals surface area contributed by atoms with Gasteiger partial charge in [0, 0.05) is 12.0 Å². The van der Waals surface area contributed by atoms with Gasteiger partial charge in [0.1, 0.15) is 5.82 Å². The average Bonchev–Trinajstić information content (AvgIpc) is 2.35. The first kappa shape index (κ1) is 14.0. The zero-order chi connectivity index (χ0) is 12.9. The molecule has 0 saturated heterocycles. The maximum Gasteiger partial charge on any atom is 0.146 e. The molecule has 0 heterocycles. The van der Waals surface area contributed by atoms with E-state index in [9.17, 15) is 9.50 Å². The molecule has 1 aromatic carbocycles. The van der Waals surface area contributed by atoms with Gasteiger partial charge in [-0.05, 0) is 37.5 Å². The van der Waals surface area contributed by atoms with Crippen molar-refractivity contribution in [1.82, 2.24) is 0 Å². The lowest BCUT2D eigenvalue weighted by Crippen LogP contribution is -2.32. The maximum atomic E-state index is 13.5. The number of benzene rings is 1. The Morgan fingerprint density at radius 1 is 1.29 bits per heavy atom. The van der Waals surface area contributed by atoms with Crippen LogP contribution in [0.25, 0.3) is 0 Å². The van der Waals surface area contributed by atoms with Crippen LogP contribution in [0.1, 0.15) is 32.3 Å². The lowest BCUT2D eigenvalue weighted by atomic mass is 9.83. The minimum atomic E-state index is -0.241. The highest BCUT2D eigenvalue weighted by Gasteiger charge is 2.25. The number of anilines is 1. The molecule has 0 amide bonds. The minimum absolute atomic E-state index is 0.125. The largest absolute Gasteiger partial charge is 0.396 e. The van der Waals surface area contributed by atoms with Gasteiger partial charge in [-0.25, -0.2) is 4.39 Å². The highest BCUT2D eigenvalue weighted by Crippen LogP contribution is 2.27. The van der Waals surface area contributed by atoms with E-state index in [0.717, 1.165) is 18.4 Å². The topological polar surface area (TPSA) is 32.3 Å². The number of halogens is 1. The second kappa shape index (κ2) is 6.01. The Hall–Kier alpha value is -1.09. The minimum Gasteiger partial charge on any atom is -0.396 e. The summed E-state index contributed by atoms with van der Waals surface area (Å²) < 4.78 is 13.5. The van der Waals surface area contributed by atoms with Crippen LogP contribution in [0, 0.1) is 18.2 Å². The van der Waals surface area contributed by atoms with E-state index in [2.05, 4.69) is 5.32 Å². The number of hydrogen-bond acceptors (Lipinski definition) is 2. The first-order valence-corrected chi connectivity index (χ1v) is 6.18. The van der Waals surface area contributed by atoms with Crippen LogP contribution in [-0.2, 0) is 0 Å². The van der Waals surface area contributed by atoms with Crippen LogP contribution in [0.5, 0.6) is 0 Å². The summed E-state index contributed by atoms with van der Waals surface area (Å²) in [4.78, 5) is 0. The van der Waals surface area contributed by atoms with Gasteiger partial charge in [0.05, 0.1) is 12.3 Å². The van der Waals surface area contributed by atoms with Gasteiger partial charge in [0.15, 0.2) is 0 Å². The standard InChI is InChI=1S/C14H22FNO/c1-4-14(5-2,10-17)9-16-13-8-11(3)6-7-12(13)15/h6-8,16-17H,4-5,9-10H2,1-3H3. The third-order valence-electron chi connectivity index (χ3n) is 3.61. The first-order valence-electron chi connectivity index (χ1n) is 6.18. The van der Waals surface area contributed by atoms with Crippen molar-refractivity contribution in [3.63, 3.8) is 0 Å². The fourth-order valence-corrected chi connectivity index (χ4v) is 1.84. The molecule has 0 radical (unpaired) electrons. The summed E-state index contributed by atoms with van der Waals surface area (Å²) in [5, 5.41) is 12.6. The van der Waals surface area contributed by atoms with Crippen molar-refractivity contribution in [2.45, 2.75) is 33.6 Å². The van der Waals surface area contributed by atoms with Gasteiger partial charge in [-0.2, -0.15) is 0 Å². The molecular weight excluding hydrogens is 217 g/mol. The van der Waals surface area contributed by atoms with Crippen molar-refractivity contribution in [2.24, 2.45) is 5.41 Å². The molecule has 3 heteroatoms. The molecule has 1 aromatic rings. The SMILES string of the molecule is CCC(CC)(CO)CNc1cc(C)ccc1F. The van der Waals surface area contributed by atoms with E-state index >= 15 is 0 Å². The predicted octanol–water partition coefficient (Wildman–Crippen LogP) is 3.34. The predicted molar refractivity (Wildman–Crippen MR) is 69.7 cm³/mol. The van der Waals surface area contributed by atoms with Gasteiger partial charge in [-0.15, -0.1) is 0 Å². The zero-order valence-electron chi connectivity index (χ0n) is 10.9. The summed E-state index contributed by atoms with van der Waals surface area (Å²) in [5.41, 5.74) is 1.39. The number of aliphatic hydroxyl groups excluding tert-OH is 1. The zero-order valence-corrected chi connectivity index (χ0v) is 10.9. The highest BCUT2D eigenvalue weighted by molar-refractivity contribution is 5.47. The highest BCUT2D eigenvalue weighted by atomic mass is 19.1. The van der Waals surface area contributed by atoms with E-state index in [-0.39, 0.29) is 17.8 Å².